The lowest BCUT2D eigenvalue weighted by atomic mass is 10.1. The number of aliphatic hydroxyl groups excluding tert-OH is 1. The average molecular weight is 273 g/mol. The first-order chi connectivity index (χ1) is 8.96. The van der Waals surface area contributed by atoms with Gasteiger partial charge in [-0.1, -0.05) is 20.8 Å². The maximum Gasteiger partial charge on any atom is 0.307 e. The van der Waals surface area contributed by atoms with Gasteiger partial charge in [0, 0.05) is 13.0 Å². The zero-order valence-corrected chi connectivity index (χ0v) is 12.5. The highest BCUT2D eigenvalue weighted by Gasteiger charge is 2.23. The van der Waals surface area contributed by atoms with Gasteiger partial charge in [-0.2, -0.15) is 0 Å². The third-order valence-electron chi connectivity index (χ3n) is 2.89. The van der Waals surface area contributed by atoms with Crippen LogP contribution in [0.15, 0.2) is 0 Å². The van der Waals surface area contributed by atoms with Gasteiger partial charge in [0.2, 0.25) is 5.91 Å². The van der Waals surface area contributed by atoms with Gasteiger partial charge in [-0.3, -0.25) is 9.59 Å². The van der Waals surface area contributed by atoms with Crippen LogP contribution in [-0.2, 0) is 14.3 Å². The topological polar surface area (TPSA) is 66.8 Å². The van der Waals surface area contributed by atoms with Gasteiger partial charge >= 0.3 is 5.97 Å². The molecule has 112 valence electrons. The minimum absolute atomic E-state index is 0.0137. The fourth-order valence-electron chi connectivity index (χ4n) is 1.87. The number of amides is 1. The van der Waals surface area contributed by atoms with Crippen molar-refractivity contribution in [3.05, 3.63) is 0 Å². The Morgan fingerprint density at radius 2 is 1.89 bits per heavy atom. The van der Waals surface area contributed by atoms with Crippen LogP contribution in [-0.4, -0.2) is 47.7 Å². The molecule has 0 aliphatic carbocycles. The summed E-state index contributed by atoms with van der Waals surface area (Å²) in [5, 5.41) is 9.34. The van der Waals surface area contributed by atoms with E-state index in [0.717, 1.165) is 0 Å². The molecule has 5 heteroatoms. The molecule has 0 saturated heterocycles. The Kier molecular flexibility index (Phi) is 9.21. The van der Waals surface area contributed by atoms with Crippen LogP contribution in [0.1, 0.15) is 47.0 Å². The van der Waals surface area contributed by atoms with E-state index in [4.69, 9.17) is 4.74 Å². The number of ether oxygens (including phenoxy) is 1. The van der Waals surface area contributed by atoms with Gasteiger partial charge in [0.1, 0.15) is 0 Å². The molecular formula is C14H27NO4. The second kappa shape index (κ2) is 9.78. The van der Waals surface area contributed by atoms with Gasteiger partial charge in [-0.05, 0) is 19.3 Å². The van der Waals surface area contributed by atoms with Crippen LogP contribution in [0.2, 0.25) is 0 Å². The smallest absolute Gasteiger partial charge is 0.307 e. The molecule has 1 atom stereocenters. The molecule has 1 unspecified atom stereocenters. The van der Waals surface area contributed by atoms with Crippen molar-refractivity contribution in [3.8, 4) is 0 Å². The number of rotatable bonds is 9. The highest BCUT2D eigenvalue weighted by atomic mass is 16.5. The van der Waals surface area contributed by atoms with Crippen molar-refractivity contribution in [3.63, 3.8) is 0 Å². The third kappa shape index (κ3) is 7.15. The Labute approximate surface area is 115 Å². The summed E-state index contributed by atoms with van der Waals surface area (Å²) in [4.78, 5) is 25.1. The summed E-state index contributed by atoms with van der Waals surface area (Å²) in [5.74, 6) is -0.0633. The maximum absolute atomic E-state index is 12.1. The molecule has 0 bridgehead atoms. The molecule has 19 heavy (non-hydrogen) atoms. The van der Waals surface area contributed by atoms with Crippen LogP contribution < -0.4 is 0 Å². The number of esters is 1. The van der Waals surface area contributed by atoms with E-state index in [2.05, 4.69) is 0 Å². The lowest BCUT2D eigenvalue weighted by molar-refractivity contribution is -0.145. The minimum atomic E-state index is -0.308. The first kappa shape index (κ1) is 17.9. The molecule has 0 aliphatic rings. The Morgan fingerprint density at radius 3 is 2.32 bits per heavy atom. The molecule has 5 nitrogen and oxygen atoms in total. The number of carbonyl (C=O) groups excluding carboxylic acids is 2. The number of hydrogen-bond acceptors (Lipinski definition) is 4. The predicted octanol–water partition coefficient (Wildman–Crippen LogP) is 1.59. The van der Waals surface area contributed by atoms with Crippen LogP contribution >= 0.6 is 0 Å². The van der Waals surface area contributed by atoms with Crippen molar-refractivity contribution < 1.29 is 19.4 Å². The first-order valence-electron chi connectivity index (χ1n) is 7.02. The number of carbonyl (C=O) groups is 2. The van der Waals surface area contributed by atoms with Crippen LogP contribution in [0.4, 0.5) is 0 Å². The van der Waals surface area contributed by atoms with Gasteiger partial charge in [0.15, 0.2) is 0 Å². The highest BCUT2D eigenvalue weighted by molar-refractivity contribution is 5.77. The monoisotopic (exact) mass is 273 g/mol. The minimum Gasteiger partial charge on any atom is -0.466 e. The largest absolute Gasteiger partial charge is 0.466 e. The van der Waals surface area contributed by atoms with E-state index < -0.39 is 0 Å². The van der Waals surface area contributed by atoms with E-state index >= 15 is 0 Å². The van der Waals surface area contributed by atoms with Crippen LogP contribution in [0.25, 0.3) is 0 Å². The van der Waals surface area contributed by atoms with Gasteiger partial charge in [-0.15, -0.1) is 0 Å². The van der Waals surface area contributed by atoms with Crippen molar-refractivity contribution in [2.75, 3.05) is 19.8 Å². The molecule has 0 aliphatic heterocycles. The zero-order valence-electron chi connectivity index (χ0n) is 12.5. The first-order valence-corrected chi connectivity index (χ1v) is 7.02. The van der Waals surface area contributed by atoms with Crippen molar-refractivity contribution in [1.82, 2.24) is 4.90 Å². The van der Waals surface area contributed by atoms with Gasteiger partial charge in [0.05, 0.1) is 25.7 Å². The number of hydrogen-bond donors (Lipinski definition) is 1. The summed E-state index contributed by atoms with van der Waals surface area (Å²) in [5.41, 5.74) is 0. The molecule has 1 N–H and O–H groups in total. The molecule has 0 rings (SSSR count). The lowest BCUT2D eigenvalue weighted by Crippen LogP contribution is -2.43. The van der Waals surface area contributed by atoms with E-state index in [0.29, 0.717) is 26.0 Å². The SMILES string of the molecule is CCOC(=O)CCN(C(=O)CC(C)C)C(CC)CO. The molecule has 0 saturated carbocycles. The summed E-state index contributed by atoms with van der Waals surface area (Å²) in [6.45, 7) is 8.19. The summed E-state index contributed by atoms with van der Waals surface area (Å²) < 4.78 is 4.86. The van der Waals surface area contributed by atoms with E-state index in [9.17, 15) is 14.7 Å². The Bertz CT molecular complexity index is 275. The maximum atomic E-state index is 12.1. The molecule has 1 amide bonds. The normalized spacial score (nSPS) is 12.3. The van der Waals surface area contributed by atoms with E-state index in [-0.39, 0.29) is 36.9 Å². The van der Waals surface area contributed by atoms with Crippen molar-refractivity contribution in [1.29, 1.82) is 0 Å². The summed E-state index contributed by atoms with van der Waals surface area (Å²) >= 11 is 0. The van der Waals surface area contributed by atoms with Crippen LogP contribution in [0.5, 0.6) is 0 Å². The summed E-state index contributed by atoms with van der Waals surface area (Å²) in [6.07, 6.45) is 1.27. The van der Waals surface area contributed by atoms with Gasteiger partial charge in [-0.25, -0.2) is 0 Å². The molecule has 0 aromatic carbocycles. The summed E-state index contributed by atoms with van der Waals surface area (Å²) in [6, 6.07) is -0.222. The molecular weight excluding hydrogens is 246 g/mol. The summed E-state index contributed by atoms with van der Waals surface area (Å²) in [7, 11) is 0. The van der Waals surface area contributed by atoms with Crippen molar-refractivity contribution in [2.24, 2.45) is 5.92 Å². The fourth-order valence-corrected chi connectivity index (χ4v) is 1.87. The Balaban J connectivity index is 4.57. The van der Waals surface area contributed by atoms with Crippen LogP contribution in [0, 0.1) is 5.92 Å². The second-order valence-corrected chi connectivity index (χ2v) is 4.98. The van der Waals surface area contributed by atoms with E-state index in [1.807, 2.05) is 20.8 Å². The van der Waals surface area contributed by atoms with Crippen LogP contribution in [0.3, 0.4) is 0 Å². The molecule has 0 aromatic heterocycles. The molecule has 0 fully saturated rings. The third-order valence-corrected chi connectivity index (χ3v) is 2.89. The standard InChI is InChI=1S/C14H27NO4/c1-5-12(10-16)15(13(17)9-11(3)4)8-7-14(18)19-6-2/h11-12,16H,5-10H2,1-4H3. The molecule has 0 radical (unpaired) electrons. The van der Waals surface area contributed by atoms with Gasteiger partial charge in [0.25, 0.3) is 0 Å². The zero-order chi connectivity index (χ0) is 14.8. The highest BCUT2D eigenvalue weighted by Crippen LogP contribution is 2.11. The van der Waals surface area contributed by atoms with Crippen molar-refractivity contribution >= 4 is 11.9 Å². The molecule has 0 aromatic rings. The Hall–Kier alpha value is -1.10. The number of aliphatic hydroxyl groups is 1. The molecule has 0 heterocycles. The van der Waals surface area contributed by atoms with Gasteiger partial charge < -0.3 is 14.7 Å². The molecule has 0 spiro atoms. The number of nitrogens with zero attached hydrogens (tertiary/aromatic N) is 1. The van der Waals surface area contributed by atoms with E-state index in [1.54, 1.807) is 11.8 Å². The second-order valence-electron chi connectivity index (χ2n) is 4.98. The quantitative estimate of drug-likeness (QED) is 0.648. The predicted molar refractivity (Wildman–Crippen MR) is 73.6 cm³/mol. The fraction of sp³-hybridized carbons (Fsp3) is 0.857. The van der Waals surface area contributed by atoms with E-state index in [1.165, 1.54) is 0 Å². The van der Waals surface area contributed by atoms with Crippen molar-refractivity contribution in [2.45, 2.75) is 53.0 Å². The lowest BCUT2D eigenvalue weighted by Gasteiger charge is -2.30. The Morgan fingerprint density at radius 1 is 1.26 bits per heavy atom. The average Bonchev–Trinajstić information content (AvgIpc) is 2.33.